The Morgan fingerprint density at radius 3 is 2.65 bits per heavy atom. The molecule has 34 heavy (non-hydrogen) atoms. The zero-order valence-electron chi connectivity index (χ0n) is 19.9. The van der Waals surface area contributed by atoms with Gasteiger partial charge in [0.1, 0.15) is 12.4 Å². The van der Waals surface area contributed by atoms with Crippen LogP contribution in [0.3, 0.4) is 0 Å². The summed E-state index contributed by atoms with van der Waals surface area (Å²) in [5.74, 6) is 1.76. The second kappa shape index (κ2) is 12.1. The van der Waals surface area contributed by atoms with Gasteiger partial charge in [0.2, 0.25) is 0 Å². The van der Waals surface area contributed by atoms with Crippen LogP contribution in [0.5, 0.6) is 5.75 Å². The first-order valence-electron chi connectivity index (χ1n) is 12.4. The normalized spacial score (nSPS) is 17.1. The second-order valence-corrected chi connectivity index (χ2v) is 10.2. The van der Waals surface area contributed by atoms with Gasteiger partial charge in [-0.3, -0.25) is 9.69 Å². The van der Waals surface area contributed by atoms with Crippen LogP contribution in [-0.2, 0) is 6.54 Å². The number of nitrogens with zero attached hydrogens (tertiary/aromatic N) is 2. The van der Waals surface area contributed by atoms with Crippen LogP contribution in [0.2, 0.25) is 10.0 Å². The molecule has 2 aromatic carbocycles. The van der Waals surface area contributed by atoms with Crippen molar-refractivity contribution in [1.82, 2.24) is 9.47 Å². The molecule has 0 amide bonds. The number of hydrogen-bond acceptors (Lipinski definition) is 3. The standard InChI is InChI=1S/C28H34Cl2N2O2/c1-21(33)26-20-32(28-25(26)8-4-9-27(28)30)16-3-2-6-22-7-5-15-31(17-14-22)18-19-34-24-12-10-23(29)11-13-24/h4,8-13,20,22H,2-3,5-7,14-19H2,1H3. The monoisotopic (exact) mass is 500 g/mol. The Hall–Kier alpha value is -2.01. The number of carbonyl (C=O) groups excluding carboxylic acids is 1. The van der Waals surface area contributed by atoms with Crippen molar-refractivity contribution in [3.63, 3.8) is 0 Å². The minimum absolute atomic E-state index is 0.0904. The van der Waals surface area contributed by atoms with Gasteiger partial charge in [-0.05, 0) is 81.9 Å². The molecule has 0 saturated carbocycles. The largest absolute Gasteiger partial charge is 0.492 e. The summed E-state index contributed by atoms with van der Waals surface area (Å²) in [5, 5.41) is 2.41. The number of para-hydroxylation sites is 1. The summed E-state index contributed by atoms with van der Waals surface area (Å²) in [6.07, 6.45) is 9.36. The van der Waals surface area contributed by atoms with Gasteiger partial charge in [0, 0.05) is 35.3 Å². The smallest absolute Gasteiger partial charge is 0.161 e. The Morgan fingerprint density at radius 2 is 1.85 bits per heavy atom. The van der Waals surface area contributed by atoms with Crippen LogP contribution in [0, 0.1) is 5.92 Å². The number of aryl methyl sites for hydroxylation is 1. The van der Waals surface area contributed by atoms with E-state index in [1.54, 1.807) is 6.92 Å². The topological polar surface area (TPSA) is 34.5 Å². The number of likely N-dealkylation sites (tertiary alicyclic amines) is 1. The van der Waals surface area contributed by atoms with E-state index in [1.165, 1.54) is 32.1 Å². The number of halogens is 2. The average molecular weight is 501 g/mol. The molecule has 1 aromatic heterocycles. The lowest BCUT2D eigenvalue weighted by Crippen LogP contribution is -2.29. The number of hydrogen-bond donors (Lipinski definition) is 0. The summed E-state index contributed by atoms with van der Waals surface area (Å²) in [7, 11) is 0. The van der Waals surface area contributed by atoms with Gasteiger partial charge in [0.05, 0.1) is 10.5 Å². The van der Waals surface area contributed by atoms with Crippen LogP contribution >= 0.6 is 23.2 Å². The molecule has 0 aliphatic carbocycles. The van der Waals surface area contributed by atoms with Gasteiger partial charge >= 0.3 is 0 Å². The first-order chi connectivity index (χ1) is 16.5. The molecule has 0 spiro atoms. The van der Waals surface area contributed by atoms with E-state index >= 15 is 0 Å². The number of benzene rings is 2. The summed E-state index contributed by atoms with van der Waals surface area (Å²) in [6, 6.07) is 13.4. The van der Waals surface area contributed by atoms with Crippen LogP contribution in [0.4, 0.5) is 0 Å². The fraction of sp³-hybridized carbons (Fsp3) is 0.464. The Morgan fingerprint density at radius 1 is 1.03 bits per heavy atom. The molecule has 3 aromatic rings. The second-order valence-electron chi connectivity index (χ2n) is 9.37. The molecule has 1 aliphatic heterocycles. The minimum atomic E-state index is 0.0904. The van der Waals surface area contributed by atoms with Crippen molar-refractivity contribution in [3.8, 4) is 5.75 Å². The number of carbonyl (C=O) groups is 1. The lowest BCUT2D eigenvalue weighted by atomic mass is 9.94. The molecule has 0 radical (unpaired) electrons. The minimum Gasteiger partial charge on any atom is -0.492 e. The molecule has 1 aliphatic rings. The molecule has 4 rings (SSSR count). The van der Waals surface area contributed by atoms with Crippen molar-refractivity contribution < 1.29 is 9.53 Å². The van der Waals surface area contributed by atoms with Gasteiger partial charge in [0.25, 0.3) is 0 Å². The fourth-order valence-corrected chi connectivity index (χ4v) is 5.46. The third-order valence-corrected chi connectivity index (χ3v) is 7.48. The maximum atomic E-state index is 12.1. The van der Waals surface area contributed by atoms with Gasteiger partial charge in [-0.15, -0.1) is 0 Å². The van der Waals surface area contributed by atoms with Crippen molar-refractivity contribution in [1.29, 1.82) is 0 Å². The van der Waals surface area contributed by atoms with Crippen molar-refractivity contribution in [2.24, 2.45) is 5.92 Å². The predicted octanol–water partition coefficient (Wildman–Crippen LogP) is 7.50. The van der Waals surface area contributed by atoms with E-state index in [-0.39, 0.29) is 5.78 Å². The highest BCUT2D eigenvalue weighted by Gasteiger charge is 2.18. The Labute approximate surface area is 212 Å². The quantitative estimate of drug-likeness (QED) is 0.213. The number of Topliss-reactive ketones (excluding diaryl/α,β-unsaturated/α-hetero) is 1. The van der Waals surface area contributed by atoms with Crippen LogP contribution in [0.15, 0.2) is 48.7 Å². The molecule has 182 valence electrons. The van der Waals surface area contributed by atoms with Gasteiger partial charge in [0.15, 0.2) is 5.78 Å². The molecular weight excluding hydrogens is 467 g/mol. The van der Waals surface area contributed by atoms with E-state index in [4.69, 9.17) is 27.9 Å². The van der Waals surface area contributed by atoms with E-state index in [0.29, 0.717) is 11.6 Å². The van der Waals surface area contributed by atoms with Crippen molar-refractivity contribution >= 4 is 39.9 Å². The summed E-state index contributed by atoms with van der Waals surface area (Å²) in [5.41, 5.74) is 1.75. The summed E-state index contributed by atoms with van der Waals surface area (Å²) >= 11 is 12.4. The highest BCUT2D eigenvalue weighted by atomic mass is 35.5. The first-order valence-corrected chi connectivity index (χ1v) is 13.2. The van der Waals surface area contributed by atoms with Gasteiger partial charge in [-0.25, -0.2) is 0 Å². The molecule has 1 fully saturated rings. The highest BCUT2D eigenvalue weighted by molar-refractivity contribution is 6.35. The Balaban J connectivity index is 1.20. The number of fused-ring (bicyclic) bond motifs is 1. The Bertz CT molecular complexity index is 1090. The van der Waals surface area contributed by atoms with Crippen LogP contribution in [0.25, 0.3) is 10.9 Å². The van der Waals surface area contributed by atoms with Gasteiger partial charge < -0.3 is 9.30 Å². The number of rotatable bonds is 10. The van der Waals surface area contributed by atoms with E-state index in [0.717, 1.165) is 65.8 Å². The summed E-state index contributed by atoms with van der Waals surface area (Å²) in [6.45, 7) is 6.50. The van der Waals surface area contributed by atoms with Crippen molar-refractivity contribution in [2.45, 2.75) is 52.0 Å². The molecule has 6 heteroatoms. The molecule has 0 N–H and O–H groups in total. The van der Waals surface area contributed by atoms with Crippen molar-refractivity contribution in [2.75, 3.05) is 26.2 Å². The van der Waals surface area contributed by atoms with Crippen LogP contribution in [0.1, 0.15) is 55.8 Å². The molecular formula is C28H34Cl2N2O2. The molecule has 2 heterocycles. The number of unbranched alkanes of at least 4 members (excludes halogenated alkanes) is 1. The average Bonchev–Trinajstić information content (AvgIpc) is 3.06. The lowest BCUT2D eigenvalue weighted by Gasteiger charge is -2.20. The molecule has 4 nitrogen and oxygen atoms in total. The zero-order valence-corrected chi connectivity index (χ0v) is 21.5. The zero-order chi connectivity index (χ0) is 23.9. The number of ether oxygens (including phenoxy) is 1. The van der Waals surface area contributed by atoms with E-state index in [9.17, 15) is 4.79 Å². The lowest BCUT2D eigenvalue weighted by molar-refractivity contribution is 0.101. The third-order valence-electron chi connectivity index (χ3n) is 6.92. The molecule has 1 atom stereocenters. The van der Waals surface area contributed by atoms with E-state index in [2.05, 4.69) is 9.47 Å². The first kappa shape index (κ1) is 25.1. The Kier molecular flexibility index (Phi) is 8.93. The van der Waals surface area contributed by atoms with Crippen LogP contribution < -0.4 is 4.74 Å². The summed E-state index contributed by atoms with van der Waals surface area (Å²) < 4.78 is 8.05. The predicted molar refractivity (Wildman–Crippen MR) is 142 cm³/mol. The maximum Gasteiger partial charge on any atom is 0.161 e. The summed E-state index contributed by atoms with van der Waals surface area (Å²) in [4.78, 5) is 14.6. The van der Waals surface area contributed by atoms with Crippen LogP contribution in [-0.4, -0.2) is 41.5 Å². The third kappa shape index (κ3) is 6.56. The molecule has 1 saturated heterocycles. The van der Waals surface area contributed by atoms with Gasteiger partial charge in [-0.1, -0.05) is 48.2 Å². The fourth-order valence-electron chi connectivity index (χ4n) is 5.05. The van der Waals surface area contributed by atoms with E-state index in [1.807, 2.05) is 48.7 Å². The van der Waals surface area contributed by atoms with E-state index < -0.39 is 0 Å². The SMILES string of the molecule is CC(=O)c1cn(CCCCC2CCCN(CCOc3ccc(Cl)cc3)CC2)c2c(Cl)cccc12. The molecule has 0 bridgehead atoms. The number of ketones is 1. The van der Waals surface area contributed by atoms with Gasteiger partial charge in [-0.2, -0.15) is 0 Å². The maximum absolute atomic E-state index is 12.1. The van der Waals surface area contributed by atoms with Crippen molar-refractivity contribution in [3.05, 3.63) is 64.3 Å². The number of aromatic nitrogens is 1. The molecule has 1 unspecified atom stereocenters. The highest BCUT2D eigenvalue weighted by Crippen LogP contribution is 2.29.